The highest BCUT2D eigenvalue weighted by Crippen LogP contribution is 2.46. The van der Waals surface area contributed by atoms with Gasteiger partial charge in [0.25, 0.3) is 0 Å². The molecule has 0 radical (unpaired) electrons. The van der Waals surface area contributed by atoms with Crippen molar-refractivity contribution in [3.63, 3.8) is 0 Å². The van der Waals surface area contributed by atoms with Crippen LogP contribution >= 0.6 is 11.8 Å². The smallest absolute Gasteiger partial charge is 0.127 e. The fraction of sp³-hybridized carbons (Fsp3) is 0.240. The van der Waals surface area contributed by atoms with Gasteiger partial charge >= 0.3 is 0 Å². The highest BCUT2D eigenvalue weighted by atomic mass is 32.2. The van der Waals surface area contributed by atoms with E-state index in [9.17, 15) is 5.11 Å². The SMILES string of the molecule is COc1c(C)cc(C2CC(c3ccc(C)cc3)=Nc3ccccc3S2)cc1CO. The van der Waals surface area contributed by atoms with Crippen LogP contribution in [0.3, 0.4) is 0 Å². The molecule has 0 saturated heterocycles. The summed E-state index contributed by atoms with van der Waals surface area (Å²) >= 11 is 1.84. The topological polar surface area (TPSA) is 41.8 Å². The van der Waals surface area contributed by atoms with Crippen molar-refractivity contribution in [3.05, 3.63) is 88.5 Å². The monoisotopic (exact) mass is 403 g/mol. The maximum atomic E-state index is 9.86. The van der Waals surface area contributed by atoms with Crippen LogP contribution in [0.4, 0.5) is 5.69 Å². The van der Waals surface area contributed by atoms with Crippen LogP contribution in [0.2, 0.25) is 0 Å². The van der Waals surface area contributed by atoms with Crippen LogP contribution in [0.15, 0.2) is 70.6 Å². The molecule has 3 nitrogen and oxygen atoms in total. The number of nitrogens with zero attached hydrogens (tertiary/aromatic N) is 1. The number of fused-ring (bicyclic) bond motifs is 1. The van der Waals surface area contributed by atoms with Gasteiger partial charge in [-0.3, -0.25) is 4.99 Å². The molecule has 1 N–H and O–H groups in total. The van der Waals surface area contributed by atoms with E-state index >= 15 is 0 Å². The van der Waals surface area contributed by atoms with Crippen molar-refractivity contribution < 1.29 is 9.84 Å². The van der Waals surface area contributed by atoms with Gasteiger partial charge in [0.05, 0.1) is 19.4 Å². The Labute approximate surface area is 176 Å². The molecule has 3 aromatic carbocycles. The van der Waals surface area contributed by atoms with Crippen molar-refractivity contribution in [2.75, 3.05) is 7.11 Å². The molecule has 0 aliphatic carbocycles. The molecule has 0 bridgehead atoms. The number of rotatable bonds is 4. The molecule has 0 aromatic heterocycles. The minimum atomic E-state index is -0.0370. The normalized spacial score (nSPS) is 16.0. The first kappa shape index (κ1) is 19.7. The number of thioether (sulfide) groups is 1. The quantitative estimate of drug-likeness (QED) is 0.567. The fourth-order valence-corrected chi connectivity index (χ4v) is 5.01. The largest absolute Gasteiger partial charge is 0.496 e. The first-order valence-corrected chi connectivity index (χ1v) is 10.7. The highest BCUT2D eigenvalue weighted by molar-refractivity contribution is 7.99. The second-order valence-electron chi connectivity index (χ2n) is 7.39. The number of aliphatic hydroxyl groups excluding tert-OH is 1. The lowest BCUT2D eigenvalue weighted by atomic mass is 9.97. The molecule has 0 fully saturated rings. The molecule has 3 aromatic rings. The Balaban J connectivity index is 1.80. The van der Waals surface area contributed by atoms with E-state index in [4.69, 9.17) is 9.73 Å². The lowest BCUT2D eigenvalue weighted by Crippen LogP contribution is -2.07. The standard InChI is InChI=1S/C25H25NO2S/c1-16-8-10-18(11-9-16)22-14-24(29-23-7-5-4-6-21(23)26-22)19-12-17(2)25(28-3)20(13-19)15-27/h4-13,24,27H,14-15H2,1-3H3. The van der Waals surface area contributed by atoms with Gasteiger partial charge in [-0.25, -0.2) is 0 Å². The molecule has 4 heteroatoms. The van der Waals surface area contributed by atoms with Gasteiger partial charge in [-0.15, -0.1) is 11.8 Å². The average molecular weight is 404 g/mol. The summed E-state index contributed by atoms with van der Waals surface area (Å²) < 4.78 is 5.50. The van der Waals surface area contributed by atoms with Crippen molar-refractivity contribution >= 4 is 23.2 Å². The Morgan fingerprint density at radius 2 is 1.83 bits per heavy atom. The molecule has 29 heavy (non-hydrogen) atoms. The minimum absolute atomic E-state index is 0.0370. The number of aliphatic hydroxyl groups is 1. The molecule has 148 valence electrons. The Morgan fingerprint density at radius 3 is 2.55 bits per heavy atom. The molecule has 1 aliphatic rings. The molecule has 4 rings (SSSR count). The minimum Gasteiger partial charge on any atom is -0.496 e. The second-order valence-corrected chi connectivity index (χ2v) is 8.64. The molecule has 1 aliphatic heterocycles. The summed E-state index contributed by atoms with van der Waals surface area (Å²) in [7, 11) is 1.65. The van der Waals surface area contributed by atoms with E-state index in [0.717, 1.165) is 40.3 Å². The Kier molecular flexibility index (Phi) is 5.74. The number of hydrogen-bond donors (Lipinski definition) is 1. The van der Waals surface area contributed by atoms with Gasteiger partial charge in [0, 0.05) is 27.8 Å². The van der Waals surface area contributed by atoms with E-state index in [-0.39, 0.29) is 11.9 Å². The maximum absolute atomic E-state index is 9.86. The zero-order chi connectivity index (χ0) is 20.4. The molecule has 0 amide bonds. The van der Waals surface area contributed by atoms with Crippen LogP contribution < -0.4 is 4.74 Å². The molecular formula is C25H25NO2S. The van der Waals surface area contributed by atoms with Gasteiger partial charge in [-0.2, -0.15) is 0 Å². The number of benzene rings is 3. The average Bonchev–Trinajstić information content (AvgIpc) is 2.93. The lowest BCUT2D eigenvalue weighted by Gasteiger charge is -2.19. The summed E-state index contributed by atoms with van der Waals surface area (Å²) in [5, 5.41) is 10.1. The third-order valence-electron chi connectivity index (χ3n) is 5.27. The van der Waals surface area contributed by atoms with E-state index in [1.165, 1.54) is 16.0 Å². The Morgan fingerprint density at radius 1 is 1.07 bits per heavy atom. The first-order valence-electron chi connectivity index (χ1n) is 9.77. The van der Waals surface area contributed by atoms with E-state index in [0.29, 0.717) is 0 Å². The summed E-state index contributed by atoms with van der Waals surface area (Å²) in [6, 6.07) is 21.2. The van der Waals surface area contributed by atoms with Gasteiger partial charge < -0.3 is 9.84 Å². The third kappa shape index (κ3) is 4.09. The van der Waals surface area contributed by atoms with Crippen molar-refractivity contribution in [1.82, 2.24) is 0 Å². The third-order valence-corrected chi connectivity index (χ3v) is 6.60. The van der Waals surface area contributed by atoms with Crippen LogP contribution in [-0.4, -0.2) is 17.9 Å². The summed E-state index contributed by atoms with van der Waals surface area (Å²) in [4.78, 5) is 6.21. The van der Waals surface area contributed by atoms with Crippen molar-refractivity contribution in [1.29, 1.82) is 0 Å². The van der Waals surface area contributed by atoms with Crippen LogP contribution in [-0.2, 0) is 6.61 Å². The predicted octanol–water partition coefficient (Wildman–Crippen LogP) is 6.16. The van der Waals surface area contributed by atoms with Crippen LogP contribution in [0.1, 0.15) is 39.5 Å². The maximum Gasteiger partial charge on any atom is 0.127 e. The molecule has 1 heterocycles. The van der Waals surface area contributed by atoms with Gasteiger partial charge in [0.1, 0.15) is 5.75 Å². The van der Waals surface area contributed by atoms with Crippen LogP contribution in [0.5, 0.6) is 5.75 Å². The zero-order valence-corrected chi connectivity index (χ0v) is 17.8. The van der Waals surface area contributed by atoms with E-state index in [1.807, 2.05) is 24.8 Å². The van der Waals surface area contributed by atoms with Crippen molar-refractivity contribution in [2.45, 2.75) is 37.0 Å². The number of methoxy groups -OCH3 is 1. The summed E-state index contributed by atoms with van der Waals surface area (Å²) in [5.41, 5.74) is 7.57. The lowest BCUT2D eigenvalue weighted by molar-refractivity contribution is 0.273. The fourth-order valence-electron chi connectivity index (χ4n) is 3.80. The van der Waals surface area contributed by atoms with E-state index < -0.39 is 0 Å². The predicted molar refractivity (Wildman–Crippen MR) is 121 cm³/mol. The highest BCUT2D eigenvalue weighted by Gasteiger charge is 2.24. The number of aryl methyl sites for hydroxylation is 2. The number of ether oxygens (including phenoxy) is 1. The van der Waals surface area contributed by atoms with Crippen LogP contribution in [0, 0.1) is 13.8 Å². The zero-order valence-electron chi connectivity index (χ0n) is 17.0. The molecule has 1 unspecified atom stereocenters. The van der Waals surface area contributed by atoms with E-state index in [1.54, 1.807) is 7.11 Å². The Hall–Kier alpha value is -2.56. The summed E-state index contributed by atoms with van der Waals surface area (Å²) in [6.45, 7) is 4.10. The number of hydrogen-bond acceptors (Lipinski definition) is 4. The first-order chi connectivity index (χ1) is 14.1. The van der Waals surface area contributed by atoms with Crippen molar-refractivity contribution in [3.8, 4) is 5.75 Å². The van der Waals surface area contributed by atoms with E-state index in [2.05, 4.69) is 61.5 Å². The number of aliphatic imine (C=N–C) groups is 1. The molecule has 0 saturated carbocycles. The summed E-state index contributed by atoms with van der Waals surface area (Å²) in [6.07, 6.45) is 0.818. The van der Waals surface area contributed by atoms with Gasteiger partial charge in [0.15, 0.2) is 0 Å². The van der Waals surface area contributed by atoms with Gasteiger partial charge in [-0.1, -0.05) is 48.0 Å². The van der Waals surface area contributed by atoms with Crippen LogP contribution in [0.25, 0.3) is 0 Å². The summed E-state index contributed by atoms with van der Waals surface area (Å²) in [5.74, 6) is 0.766. The van der Waals surface area contributed by atoms with Crippen molar-refractivity contribution in [2.24, 2.45) is 4.99 Å². The Bertz CT molecular complexity index is 1060. The second kappa shape index (κ2) is 8.44. The van der Waals surface area contributed by atoms with Gasteiger partial charge in [0.2, 0.25) is 0 Å². The molecular weight excluding hydrogens is 378 g/mol. The van der Waals surface area contributed by atoms with Gasteiger partial charge in [-0.05, 0) is 48.7 Å². The number of para-hydroxylation sites is 1. The molecule has 1 atom stereocenters. The molecule has 0 spiro atoms.